The maximum atomic E-state index is 14.9. The number of carbonyl (C=O) groups excluding carboxylic acids is 1. The molecule has 0 amide bonds. The quantitative estimate of drug-likeness (QED) is 0.583. The van der Waals surface area contributed by atoms with Gasteiger partial charge in [0.25, 0.3) is 0 Å². The molecular formula is C22H20FN2O3S-. The third-order valence-electron chi connectivity index (χ3n) is 5.07. The van der Waals surface area contributed by atoms with Crippen molar-refractivity contribution in [3.8, 4) is 0 Å². The van der Waals surface area contributed by atoms with Crippen molar-refractivity contribution in [1.82, 2.24) is 9.55 Å². The van der Waals surface area contributed by atoms with Crippen molar-refractivity contribution in [3.05, 3.63) is 67.7 Å². The Bertz CT molecular complexity index is 1190. The number of thiazole rings is 1. The molecule has 1 aliphatic rings. The van der Waals surface area contributed by atoms with Crippen LogP contribution in [0.2, 0.25) is 0 Å². The van der Waals surface area contributed by atoms with Gasteiger partial charge in [-0.05, 0) is 48.6 Å². The molecule has 0 saturated heterocycles. The summed E-state index contributed by atoms with van der Waals surface area (Å²) in [4.78, 5) is 28.1. The number of halogens is 1. The Kier molecular flexibility index (Phi) is 5.08. The van der Waals surface area contributed by atoms with Gasteiger partial charge in [-0.25, -0.2) is 9.37 Å². The van der Waals surface area contributed by atoms with Crippen molar-refractivity contribution in [1.29, 1.82) is 0 Å². The van der Waals surface area contributed by atoms with Crippen LogP contribution in [0.5, 0.6) is 0 Å². The fourth-order valence-electron chi connectivity index (χ4n) is 3.34. The van der Waals surface area contributed by atoms with Crippen LogP contribution in [0.25, 0.3) is 17.0 Å². The minimum atomic E-state index is -1.38. The Hall–Kier alpha value is -2.80. The van der Waals surface area contributed by atoms with E-state index in [2.05, 4.69) is 18.8 Å². The zero-order chi connectivity index (χ0) is 20.7. The lowest BCUT2D eigenvalue weighted by Gasteiger charge is -2.13. The molecule has 29 heavy (non-hydrogen) atoms. The van der Waals surface area contributed by atoms with Crippen LogP contribution >= 0.6 is 11.3 Å². The molecule has 2 aromatic heterocycles. The number of hydrogen-bond donors (Lipinski definition) is 0. The lowest BCUT2D eigenvalue weighted by molar-refractivity contribution is -0.297. The number of carboxylic acid groups (broad SMARTS) is 1. The topological polar surface area (TPSA) is 75.0 Å². The van der Waals surface area contributed by atoms with Crippen LogP contribution in [-0.2, 0) is 11.2 Å². The number of fused-ring (bicyclic) bond motifs is 1. The Balaban J connectivity index is 1.81. The second-order valence-corrected chi connectivity index (χ2v) is 8.61. The molecular weight excluding hydrogens is 391 g/mol. The highest BCUT2D eigenvalue weighted by molar-refractivity contribution is 7.09. The summed E-state index contributed by atoms with van der Waals surface area (Å²) in [6, 6.07) is 3.23. The molecule has 7 heteroatoms. The normalized spacial score (nSPS) is 14.3. The molecule has 0 unspecified atom stereocenters. The lowest BCUT2D eigenvalue weighted by atomic mass is 10.0. The maximum Gasteiger partial charge on any atom is 0.196 e. The lowest BCUT2D eigenvalue weighted by Crippen LogP contribution is -2.19. The molecule has 150 valence electrons. The van der Waals surface area contributed by atoms with Gasteiger partial charge in [0.2, 0.25) is 0 Å². The molecule has 0 radical (unpaired) electrons. The summed E-state index contributed by atoms with van der Waals surface area (Å²) in [7, 11) is 0. The molecule has 3 aromatic rings. The molecule has 0 spiro atoms. The van der Waals surface area contributed by atoms with Crippen molar-refractivity contribution in [2.75, 3.05) is 0 Å². The zero-order valence-electron chi connectivity index (χ0n) is 16.1. The van der Waals surface area contributed by atoms with E-state index in [9.17, 15) is 19.1 Å². The second kappa shape index (κ2) is 7.55. The van der Waals surface area contributed by atoms with Crippen LogP contribution in [0.3, 0.4) is 0 Å². The first-order valence-electron chi connectivity index (χ1n) is 9.54. The average molecular weight is 411 g/mol. The van der Waals surface area contributed by atoms with Crippen LogP contribution in [0.1, 0.15) is 60.5 Å². The SMILES string of the molecule is CC(C)c1csc(Cc2cc3c(cc2F)c(=O)c(/C=C/C(=O)[O-])cn3C2CC2)n1. The summed E-state index contributed by atoms with van der Waals surface area (Å²) in [6.07, 6.45) is 6.00. The predicted octanol–water partition coefficient (Wildman–Crippen LogP) is 3.41. The molecule has 1 fully saturated rings. The Morgan fingerprint density at radius 3 is 2.79 bits per heavy atom. The number of pyridine rings is 1. The van der Waals surface area contributed by atoms with Crippen molar-refractivity contribution >= 4 is 34.3 Å². The molecule has 1 aromatic carbocycles. The van der Waals surface area contributed by atoms with Crippen molar-refractivity contribution in [3.63, 3.8) is 0 Å². The van der Waals surface area contributed by atoms with Gasteiger partial charge >= 0.3 is 0 Å². The number of aromatic nitrogens is 2. The van der Waals surface area contributed by atoms with Gasteiger partial charge in [-0.15, -0.1) is 11.3 Å². The smallest absolute Gasteiger partial charge is 0.196 e. The van der Waals surface area contributed by atoms with E-state index < -0.39 is 17.2 Å². The Morgan fingerprint density at radius 2 is 2.17 bits per heavy atom. The van der Waals surface area contributed by atoms with Gasteiger partial charge in [0.1, 0.15) is 5.82 Å². The summed E-state index contributed by atoms with van der Waals surface area (Å²) in [5, 5.41) is 13.8. The fourth-order valence-corrected chi connectivity index (χ4v) is 4.31. The molecule has 0 aliphatic heterocycles. The van der Waals surface area contributed by atoms with E-state index in [1.165, 1.54) is 23.5 Å². The van der Waals surface area contributed by atoms with Crippen LogP contribution in [0.4, 0.5) is 4.39 Å². The standard InChI is InChI=1S/C22H21FN2O3S/c1-12(2)18-11-29-20(24-18)8-14-7-19-16(9-17(14)23)22(28)13(3-6-21(26)27)10-25(19)15-4-5-15/h3,6-7,9-12,15H,4-5,8H2,1-2H3,(H,26,27)/p-1/b6-3+. The third-order valence-corrected chi connectivity index (χ3v) is 5.94. The summed E-state index contributed by atoms with van der Waals surface area (Å²) in [6.45, 7) is 4.13. The Labute approximate surface area is 171 Å². The van der Waals surface area contributed by atoms with E-state index in [1.807, 2.05) is 9.95 Å². The van der Waals surface area contributed by atoms with Gasteiger partial charge in [0.15, 0.2) is 5.43 Å². The summed E-state index contributed by atoms with van der Waals surface area (Å²) in [5.74, 6) is -1.53. The van der Waals surface area contributed by atoms with E-state index in [-0.39, 0.29) is 17.0 Å². The number of aliphatic carboxylic acids is 1. The predicted molar refractivity (Wildman–Crippen MR) is 109 cm³/mol. The maximum absolute atomic E-state index is 14.9. The van der Waals surface area contributed by atoms with E-state index in [4.69, 9.17) is 0 Å². The van der Waals surface area contributed by atoms with Gasteiger partial charge in [-0.1, -0.05) is 13.8 Å². The number of rotatable bonds is 6. The highest BCUT2D eigenvalue weighted by atomic mass is 32.1. The highest BCUT2D eigenvalue weighted by Gasteiger charge is 2.26. The Morgan fingerprint density at radius 1 is 1.41 bits per heavy atom. The van der Waals surface area contributed by atoms with Crippen LogP contribution in [0.15, 0.2) is 34.6 Å². The molecule has 1 saturated carbocycles. The average Bonchev–Trinajstić information content (AvgIpc) is 3.40. The first-order valence-corrected chi connectivity index (χ1v) is 10.4. The molecule has 4 rings (SSSR count). The minimum absolute atomic E-state index is 0.210. The van der Waals surface area contributed by atoms with Crippen molar-refractivity contribution in [2.45, 2.75) is 45.1 Å². The van der Waals surface area contributed by atoms with Crippen LogP contribution < -0.4 is 10.5 Å². The second-order valence-electron chi connectivity index (χ2n) is 7.66. The van der Waals surface area contributed by atoms with E-state index in [1.54, 1.807) is 12.3 Å². The first kappa shape index (κ1) is 19.5. The van der Waals surface area contributed by atoms with Gasteiger partial charge in [-0.2, -0.15) is 0 Å². The van der Waals surface area contributed by atoms with Crippen molar-refractivity contribution < 1.29 is 14.3 Å². The van der Waals surface area contributed by atoms with Gasteiger partial charge in [0.05, 0.1) is 22.2 Å². The number of carbonyl (C=O) groups is 1. The molecule has 0 N–H and O–H groups in total. The number of benzene rings is 1. The van der Waals surface area contributed by atoms with E-state index in [0.29, 0.717) is 23.4 Å². The largest absolute Gasteiger partial charge is 0.545 e. The summed E-state index contributed by atoms with van der Waals surface area (Å²) >= 11 is 1.51. The number of nitrogens with zero attached hydrogens (tertiary/aromatic N) is 2. The van der Waals surface area contributed by atoms with Gasteiger partial charge < -0.3 is 14.5 Å². The van der Waals surface area contributed by atoms with Crippen LogP contribution in [0, 0.1) is 5.82 Å². The first-order chi connectivity index (χ1) is 13.8. The molecule has 2 heterocycles. The van der Waals surface area contributed by atoms with Crippen molar-refractivity contribution in [2.24, 2.45) is 0 Å². The summed E-state index contributed by atoms with van der Waals surface area (Å²) in [5.41, 5.74) is 1.97. The minimum Gasteiger partial charge on any atom is -0.545 e. The van der Waals surface area contributed by atoms with E-state index in [0.717, 1.165) is 29.6 Å². The number of carboxylic acids is 1. The highest BCUT2D eigenvalue weighted by Crippen LogP contribution is 2.37. The summed E-state index contributed by atoms with van der Waals surface area (Å²) < 4.78 is 16.8. The monoisotopic (exact) mass is 411 g/mol. The molecule has 0 atom stereocenters. The van der Waals surface area contributed by atoms with Crippen LogP contribution in [-0.4, -0.2) is 15.5 Å². The molecule has 5 nitrogen and oxygen atoms in total. The zero-order valence-corrected chi connectivity index (χ0v) is 17.0. The fraction of sp³-hybridized carbons (Fsp3) is 0.318. The third kappa shape index (κ3) is 4.00. The van der Waals surface area contributed by atoms with E-state index >= 15 is 0 Å². The van der Waals surface area contributed by atoms with Gasteiger partial charge in [-0.3, -0.25) is 4.79 Å². The van der Waals surface area contributed by atoms with Gasteiger partial charge in [0, 0.05) is 35.0 Å². The molecule has 0 bridgehead atoms. The number of hydrogen-bond acceptors (Lipinski definition) is 5. The molecule has 1 aliphatic carbocycles.